The number of rotatable bonds is 3. The second-order valence-electron chi connectivity index (χ2n) is 6.24. The maximum atomic E-state index is 13.3. The monoisotopic (exact) mass is 359 g/mol. The van der Waals surface area contributed by atoms with E-state index in [4.69, 9.17) is 4.74 Å². The van der Waals surface area contributed by atoms with Gasteiger partial charge in [0.05, 0.1) is 13.7 Å². The van der Waals surface area contributed by atoms with Crippen LogP contribution in [-0.2, 0) is 5.72 Å². The molecule has 1 atom stereocenters. The van der Waals surface area contributed by atoms with Gasteiger partial charge in [0, 0.05) is 11.3 Å². The van der Waals surface area contributed by atoms with Gasteiger partial charge in [-0.05, 0) is 66.7 Å². The lowest BCUT2D eigenvalue weighted by atomic mass is 10.0. The average Bonchev–Trinajstić information content (AvgIpc) is 2.97. The van der Waals surface area contributed by atoms with E-state index >= 15 is 0 Å². The molecule has 25 heavy (non-hydrogen) atoms. The Morgan fingerprint density at radius 3 is 2.56 bits per heavy atom. The number of halogens is 1. The molecule has 2 aliphatic rings. The molecule has 4 rings (SSSR count). The summed E-state index contributed by atoms with van der Waals surface area (Å²) in [6.07, 6.45) is 1.01. The SMILES string of the molecule is COc1ccc(N2C[C@@](O)(c3ccc(F)cc3)[N+]3=C2SCCC3)cc1. The Morgan fingerprint density at radius 2 is 1.88 bits per heavy atom. The molecule has 0 spiro atoms. The van der Waals surface area contributed by atoms with Crippen LogP contribution in [-0.4, -0.2) is 40.8 Å². The van der Waals surface area contributed by atoms with E-state index in [1.807, 2.05) is 28.8 Å². The molecule has 2 aliphatic heterocycles. The molecule has 0 radical (unpaired) electrons. The Balaban J connectivity index is 1.75. The molecule has 0 aliphatic carbocycles. The predicted molar refractivity (Wildman–Crippen MR) is 97.8 cm³/mol. The molecular weight excluding hydrogens is 339 g/mol. The van der Waals surface area contributed by atoms with Crippen molar-refractivity contribution in [2.75, 3.05) is 30.9 Å². The van der Waals surface area contributed by atoms with Crippen LogP contribution >= 0.6 is 11.8 Å². The van der Waals surface area contributed by atoms with Crippen molar-refractivity contribution in [1.82, 2.24) is 0 Å². The number of hydrogen-bond donors (Lipinski definition) is 1. The predicted octanol–water partition coefficient (Wildman–Crippen LogP) is 3.01. The topological polar surface area (TPSA) is 35.7 Å². The fourth-order valence-corrected chi connectivity index (χ4v) is 4.61. The van der Waals surface area contributed by atoms with Gasteiger partial charge in [0.1, 0.15) is 17.3 Å². The van der Waals surface area contributed by atoms with Crippen LogP contribution in [0.4, 0.5) is 10.1 Å². The third-order valence-corrected chi connectivity index (χ3v) is 5.93. The molecule has 130 valence electrons. The molecule has 0 saturated heterocycles. The van der Waals surface area contributed by atoms with Gasteiger partial charge in [0.2, 0.25) is 0 Å². The van der Waals surface area contributed by atoms with Gasteiger partial charge in [0.15, 0.2) is 6.54 Å². The molecule has 0 bridgehead atoms. The first kappa shape index (κ1) is 16.4. The molecule has 0 saturated carbocycles. The smallest absolute Gasteiger partial charge is 0.316 e. The number of benzene rings is 2. The van der Waals surface area contributed by atoms with Crippen molar-refractivity contribution in [3.63, 3.8) is 0 Å². The Kier molecular flexibility index (Phi) is 4.17. The van der Waals surface area contributed by atoms with Crippen LogP contribution in [0.1, 0.15) is 12.0 Å². The largest absolute Gasteiger partial charge is 0.497 e. The van der Waals surface area contributed by atoms with Gasteiger partial charge in [-0.2, -0.15) is 0 Å². The molecule has 6 heteroatoms. The average molecular weight is 359 g/mol. The maximum absolute atomic E-state index is 13.3. The number of β-amino-alcohol motifs (C(OH)–C–C–N with tert-alkyl or cyclic N) is 1. The Hall–Kier alpha value is -2.05. The van der Waals surface area contributed by atoms with Crippen molar-refractivity contribution in [3.05, 3.63) is 59.9 Å². The van der Waals surface area contributed by atoms with E-state index in [1.165, 1.54) is 12.1 Å². The van der Waals surface area contributed by atoms with Gasteiger partial charge in [-0.15, -0.1) is 0 Å². The summed E-state index contributed by atoms with van der Waals surface area (Å²) in [7, 11) is 1.64. The van der Waals surface area contributed by atoms with Gasteiger partial charge in [-0.25, -0.2) is 13.9 Å². The lowest BCUT2D eigenvalue weighted by Crippen LogP contribution is -2.41. The number of nitrogens with zero attached hydrogens (tertiary/aromatic N) is 2. The van der Waals surface area contributed by atoms with Crippen molar-refractivity contribution in [3.8, 4) is 5.75 Å². The van der Waals surface area contributed by atoms with Gasteiger partial charge >= 0.3 is 5.17 Å². The highest BCUT2D eigenvalue weighted by Gasteiger charge is 2.53. The molecule has 0 aromatic heterocycles. The summed E-state index contributed by atoms with van der Waals surface area (Å²) in [5.74, 6) is 1.53. The first-order valence-electron chi connectivity index (χ1n) is 8.29. The van der Waals surface area contributed by atoms with Gasteiger partial charge in [-0.3, -0.25) is 0 Å². The summed E-state index contributed by atoms with van der Waals surface area (Å²) < 4.78 is 20.6. The zero-order valence-corrected chi connectivity index (χ0v) is 14.8. The van der Waals surface area contributed by atoms with E-state index in [0.717, 1.165) is 35.3 Å². The summed E-state index contributed by atoms with van der Waals surface area (Å²) in [6, 6.07) is 14.0. The van der Waals surface area contributed by atoms with Crippen molar-refractivity contribution in [2.24, 2.45) is 0 Å². The van der Waals surface area contributed by atoms with E-state index < -0.39 is 5.72 Å². The van der Waals surface area contributed by atoms with E-state index in [2.05, 4.69) is 4.90 Å². The molecule has 0 fully saturated rings. The van der Waals surface area contributed by atoms with Crippen molar-refractivity contribution in [2.45, 2.75) is 12.1 Å². The zero-order valence-electron chi connectivity index (χ0n) is 14.0. The van der Waals surface area contributed by atoms with Crippen LogP contribution in [0.15, 0.2) is 48.5 Å². The van der Waals surface area contributed by atoms with Crippen molar-refractivity contribution >= 4 is 22.6 Å². The van der Waals surface area contributed by atoms with E-state index in [0.29, 0.717) is 12.1 Å². The minimum atomic E-state index is -1.16. The first-order chi connectivity index (χ1) is 12.1. The third kappa shape index (κ3) is 2.79. The molecule has 0 unspecified atom stereocenters. The highest BCUT2D eigenvalue weighted by atomic mass is 32.2. The number of aliphatic hydroxyl groups is 1. The number of amidine groups is 1. The second-order valence-corrected chi connectivity index (χ2v) is 7.31. The standard InChI is InChI=1S/C19H20FN2O2S/c1-24-17-9-7-16(8-10-17)21-13-19(23,14-3-5-15(20)6-4-14)22-11-2-12-25-18(21)22/h3-10,23H,2,11-13H2,1H3/q+1/t19-/m1/s1. The lowest BCUT2D eigenvalue weighted by molar-refractivity contribution is -0.656. The highest BCUT2D eigenvalue weighted by molar-refractivity contribution is 8.13. The Morgan fingerprint density at radius 1 is 1.16 bits per heavy atom. The van der Waals surface area contributed by atoms with E-state index in [1.54, 1.807) is 31.0 Å². The third-order valence-electron chi connectivity index (χ3n) is 4.73. The molecular formula is C19H20FN2O2S+. The minimum Gasteiger partial charge on any atom is -0.497 e. The molecule has 2 aromatic carbocycles. The van der Waals surface area contributed by atoms with Crippen LogP contribution in [0.2, 0.25) is 0 Å². The fraction of sp³-hybridized carbons (Fsp3) is 0.316. The van der Waals surface area contributed by atoms with Crippen LogP contribution < -0.4 is 9.64 Å². The van der Waals surface area contributed by atoms with Crippen LogP contribution in [0.25, 0.3) is 0 Å². The quantitative estimate of drug-likeness (QED) is 0.855. The van der Waals surface area contributed by atoms with Crippen molar-refractivity contribution < 1.29 is 18.8 Å². The van der Waals surface area contributed by atoms with Crippen molar-refractivity contribution in [1.29, 1.82) is 0 Å². The number of thioether (sulfide) groups is 1. The van der Waals surface area contributed by atoms with Gasteiger partial charge in [0.25, 0.3) is 5.72 Å². The summed E-state index contributed by atoms with van der Waals surface area (Å²) in [4.78, 5) is 2.13. The molecule has 0 amide bonds. The van der Waals surface area contributed by atoms with Crippen LogP contribution in [0, 0.1) is 5.82 Å². The van der Waals surface area contributed by atoms with Crippen LogP contribution in [0.5, 0.6) is 5.75 Å². The number of methoxy groups -OCH3 is 1. The number of anilines is 1. The first-order valence-corrected chi connectivity index (χ1v) is 9.28. The second kappa shape index (κ2) is 6.35. The fourth-order valence-electron chi connectivity index (χ4n) is 3.43. The Bertz CT molecular complexity index is 807. The zero-order chi connectivity index (χ0) is 17.4. The van der Waals surface area contributed by atoms with Gasteiger partial charge < -0.3 is 9.84 Å². The number of ether oxygens (including phenoxy) is 1. The highest BCUT2D eigenvalue weighted by Crippen LogP contribution is 2.37. The van der Waals surface area contributed by atoms with Crippen LogP contribution in [0.3, 0.4) is 0 Å². The summed E-state index contributed by atoms with van der Waals surface area (Å²) >= 11 is 1.75. The molecule has 4 nitrogen and oxygen atoms in total. The maximum Gasteiger partial charge on any atom is 0.316 e. The summed E-state index contributed by atoms with van der Waals surface area (Å²) in [5, 5.41) is 12.5. The Labute approximate surface area is 150 Å². The lowest BCUT2D eigenvalue weighted by Gasteiger charge is -2.24. The van der Waals surface area contributed by atoms with E-state index in [9.17, 15) is 9.50 Å². The molecule has 2 aromatic rings. The normalized spacial score (nSPS) is 22.9. The molecule has 1 N–H and O–H groups in total. The van der Waals surface area contributed by atoms with Gasteiger partial charge in [-0.1, -0.05) is 0 Å². The summed E-state index contributed by atoms with van der Waals surface area (Å²) in [5.41, 5.74) is 0.564. The molecule has 2 heterocycles. The minimum absolute atomic E-state index is 0.297. The summed E-state index contributed by atoms with van der Waals surface area (Å²) in [6.45, 7) is 1.19. The number of hydrogen-bond acceptors (Lipinski definition) is 4. The van der Waals surface area contributed by atoms with E-state index in [-0.39, 0.29) is 5.82 Å².